The standard InChI is InChI=1S/C15H23F2NO2/c1-11(18-10-15(2,3)6-7-19)9-20-12-4-5-13(16)14(17)8-12/h4-5,8,11,18-19H,6-7,9-10H2,1-3H3. The lowest BCUT2D eigenvalue weighted by molar-refractivity contribution is 0.194. The van der Waals surface area contributed by atoms with Gasteiger partial charge in [0.2, 0.25) is 0 Å². The SMILES string of the molecule is CC(COc1ccc(F)c(F)c1)NCC(C)(C)CCO. The molecule has 1 atom stereocenters. The van der Waals surface area contributed by atoms with Crippen LogP contribution in [0.5, 0.6) is 5.75 Å². The van der Waals surface area contributed by atoms with Gasteiger partial charge >= 0.3 is 0 Å². The summed E-state index contributed by atoms with van der Waals surface area (Å²) in [6.45, 7) is 7.36. The van der Waals surface area contributed by atoms with Crippen molar-refractivity contribution in [2.24, 2.45) is 5.41 Å². The summed E-state index contributed by atoms with van der Waals surface area (Å²) in [6.07, 6.45) is 0.719. The van der Waals surface area contributed by atoms with Gasteiger partial charge in [-0.2, -0.15) is 0 Å². The van der Waals surface area contributed by atoms with E-state index in [0.717, 1.165) is 25.1 Å². The summed E-state index contributed by atoms with van der Waals surface area (Å²) in [5.74, 6) is -1.48. The van der Waals surface area contributed by atoms with E-state index in [4.69, 9.17) is 9.84 Å². The van der Waals surface area contributed by atoms with Crippen LogP contribution in [-0.2, 0) is 0 Å². The molecule has 0 heterocycles. The maximum atomic E-state index is 13.0. The van der Waals surface area contributed by atoms with Gasteiger partial charge in [0, 0.05) is 25.3 Å². The molecule has 0 aliphatic carbocycles. The number of nitrogens with one attached hydrogen (secondary N) is 1. The number of benzene rings is 1. The third-order valence-corrected chi connectivity index (χ3v) is 3.11. The van der Waals surface area contributed by atoms with Gasteiger partial charge in [-0.15, -0.1) is 0 Å². The van der Waals surface area contributed by atoms with Gasteiger partial charge in [-0.1, -0.05) is 13.8 Å². The minimum atomic E-state index is -0.910. The van der Waals surface area contributed by atoms with E-state index in [1.807, 2.05) is 6.92 Å². The Labute approximate surface area is 119 Å². The Kier molecular flexibility index (Phi) is 6.36. The summed E-state index contributed by atoms with van der Waals surface area (Å²) in [5.41, 5.74) is 0.00495. The van der Waals surface area contributed by atoms with Gasteiger partial charge in [-0.25, -0.2) is 8.78 Å². The first-order valence-electron chi connectivity index (χ1n) is 6.76. The topological polar surface area (TPSA) is 41.5 Å². The second-order valence-electron chi connectivity index (χ2n) is 5.81. The molecule has 1 aromatic carbocycles. The van der Waals surface area contributed by atoms with Gasteiger partial charge in [0.05, 0.1) is 0 Å². The summed E-state index contributed by atoms with van der Waals surface area (Å²) >= 11 is 0. The van der Waals surface area contributed by atoms with Crippen LogP contribution in [0.25, 0.3) is 0 Å². The smallest absolute Gasteiger partial charge is 0.162 e. The molecule has 0 saturated carbocycles. The number of rotatable bonds is 8. The molecule has 2 N–H and O–H groups in total. The van der Waals surface area contributed by atoms with E-state index >= 15 is 0 Å². The summed E-state index contributed by atoms with van der Waals surface area (Å²) in [5, 5.41) is 12.2. The van der Waals surface area contributed by atoms with Gasteiger partial charge in [-0.3, -0.25) is 0 Å². The molecule has 0 aliphatic heterocycles. The van der Waals surface area contributed by atoms with Crippen LogP contribution in [0.2, 0.25) is 0 Å². The lowest BCUT2D eigenvalue weighted by Gasteiger charge is -2.26. The second-order valence-corrected chi connectivity index (χ2v) is 5.81. The Morgan fingerprint density at radius 3 is 2.60 bits per heavy atom. The summed E-state index contributed by atoms with van der Waals surface area (Å²) in [7, 11) is 0. The van der Waals surface area contributed by atoms with Crippen LogP contribution in [-0.4, -0.2) is 30.9 Å². The molecule has 0 saturated heterocycles. The molecular weight excluding hydrogens is 264 g/mol. The van der Waals surface area contributed by atoms with Gasteiger partial charge in [0.15, 0.2) is 11.6 Å². The molecule has 1 unspecified atom stereocenters. The van der Waals surface area contributed by atoms with E-state index in [9.17, 15) is 8.78 Å². The molecule has 0 radical (unpaired) electrons. The average Bonchev–Trinajstić information content (AvgIpc) is 2.38. The van der Waals surface area contributed by atoms with Crippen LogP contribution in [0.1, 0.15) is 27.2 Å². The maximum absolute atomic E-state index is 13.0. The van der Waals surface area contributed by atoms with E-state index < -0.39 is 11.6 Å². The van der Waals surface area contributed by atoms with Crippen molar-refractivity contribution >= 4 is 0 Å². The van der Waals surface area contributed by atoms with Gasteiger partial charge in [0.1, 0.15) is 12.4 Å². The van der Waals surface area contributed by atoms with E-state index in [0.29, 0.717) is 12.4 Å². The molecule has 0 spiro atoms. The third-order valence-electron chi connectivity index (χ3n) is 3.11. The van der Waals surface area contributed by atoms with Crippen molar-refractivity contribution in [2.45, 2.75) is 33.2 Å². The minimum absolute atomic E-state index is 0.00495. The lowest BCUT2D eigenvalue weighted by atomic mass is 9.89. The predicted octanol–water partition coefficient (Wildman–Crippen LogP) is 2.73. The van der Waals surface area contributed by atoms with Crippen LogP contribution in [0, 0.1) is 17.0 Å². The van der Waals surface area contributed by atoms with Crippen molar-refractivity contribution in [3.05, 3.63) is 29.8 Å². The molecule has 20 heavy (non-hydrogen) atoms. The highest BCUT2D eigenvalue weighted by Crippen LogP contribution is 2.18. The molecule has 0 bridgehead atoms. The number of halogens is 2. The van der Waals surface area contributed by atoms with Crippen molar-refractivity contribution in [2.75, 3.05) is 19.8 Å². The number of aliphatic hydroxyl groups is 1. The zero-order valence-corrected chi connectivity index (χ0v) is 12.2. The van der Waals surface area contributed by atoms with Crippen molar-refractivity contribution in [3.8, 4) is 5.75 Å². The summed E-state index contributed by atoms with van der Waals surface area (Å²) in [6, 6.07) is 3.56. The van der Waals surface area contributed by atoms with E-state index in [2.05, 4.69) is 19.2 Å². The average molecular weight is 287 g/mol. The van der Waals surface area contributed by atoms with Crippen molar-refractivity contribution in [3.63, 3.8) is 0 Å². The van der Waals surface area contributed by atoms with Crippen molar-refractivity contribution in [1.29, 1.82) is 0 Å². The molecule has 0 aliphatic rings. The Morgan fingerprint density at radius 2 is 2.00 bits per heavy atom. The molecule has 1 rings (SSSR count). The minimum Gasteiger partial charge on any atom is -0.492 e. The van der Waals surface area contributed by atoms with Crippen molar-refractivity contribution < 1.29 is 18.6 Å². The fourth-order valence-electron chi connectivity index (χ4n) is 1.69. The van der Waals surface area contributed by atoms with Gasteiger partial charge in [0.25, 0.3) is 0 Å². The molecule has 0 aromatic heterocycles. The molecule has 0 fully saturated rings. The van der Waals surface area contributed by atoms with E-state index in [-0.39, 0.29) is 18.1 Å². The Morgan fingerprint density at radius 1 is 1.30 bits per heavy atom. The summed E-state index contributed by atoms with van der Waals surface area (Å²) in [4.78, 5) is 0. The molecule has 1 aromatic rings. The highest BCUT2D eigenvalue weighted by atomic mass is 19.2. The molecule has 0 amide bonds. The Bertz CT molecular complexity index is 424. The number of aliphatic hydroxyl groups excluding tert-OH is 1. The quantitative estimate of drug-likeness (QED) is 0.772. The normalized spacial score (nSPS) is 13.3. The third kappa shape index (κ3) is 5.84. The highest BCUT2D eigenvalue weighted by Gasteiger charge is 2.18. The predicted molar refractivity (Wildman–Crippen MR) is 74.8 cm³/mol. The first-order chi connectivity index (χ1) is 9.34. The monoisotopic (exact) mass is 287 g/mol. The van der Waals surface area contributed by atoms with Crippen molar-refractivity contribution in [1.82, 2.24) is 5.32 Å². The summed E-state index contributed by atoms with van der Waals surface area (Å²) < 4.78 is 31.2. The second kappa shape index (κ2) is 7.55. The van der Waals surface area contributed by atoms with Gasteiger partial charge in [-0.05, 0) is 30.9 Å². The van der Waals surface area contributed by atoms with E-state index in [1.54, 1.807) is 0 Å². The number of hydrogen-bond acceptors (Lipinski definition) is 3. The first-order valence-corrected chi connectivity index (χ1v) is 6.76. The Balaban J connectivity index is 2.36. The lowest BCUT2D eigenvalue weighted by Crippen LogP contribution is -2.39. The fourth-order valence-corrected chi connectivity index (χ4v) is 1.69. The van der Waals surface area contributed by atoms with E-state index in [1.165, 1.54) is 6.07 Å². The number of hydrogen-bond donors (Lipinski definition) is 2. The van der Waals surface area contributed by atoms with Crippen LogP contribution >= 0.6 is 0 Å². The Hall–Kier alpha value is -1.20. The number of ether oxygens (including phenoxy) is 1. The van der Waals surface area contributed by atoms with Crippen LogP contribution < -0.4 is 10.1 Å². The molecule has 5 heteroatoms. The van der Waals surface area contributed by atoms with Crippen LogP contribution in [0.3, 0.4) is 0 Å². The molecule has 3 nitrogen and oxygen atoms in total. The largest absolute Gasteiger partial charge is 0.492 e. The highest BCUT2D eigenvalue weighted by molar-refractivity contribution is 5.23. The maximum Gasteiger partial charge on any atom is 0.162 e. The fraction of sp³-hybridized carbons (Fsp3) is 0.600. The molecular formula is C15H23F2NO2. The first kappa shape index (κ1) is 16.9. The van der Waals surface area contributed by atoms with Crippen LogP contribution in [0.15, 0.2) is 18.2 Å². The zero-order valence-electron chi connectivity index (χ0n) is 12.2. The molecule has 114 valence electrons. The van der Waals surface area contributed by atoms with Crippen LogP contribution in [0.4, 0.5) is 8.78 Å². The zero-order chi connectivity index (χ0) is 15.2. The van der Waals surface area contributed by atoms with Gasteiger partial charge < -0.3 is 15.2 Å².